The van der Waals surface area contributed by atoms with Crippen molar-refractivity contribution in [1.82, 2.24) is 14.3 Å². The molecule has 3 aromatic rings. The highest BCUT2D eigenvalue weighted by atomic mass is 16.2. The number of carbonyl (C=O) groups is 1. The van der Waals surface area contributed by atoms with E-state index in [1.165, 1.54) is 11.1 Å². The average molecular weight is 333 g/mol. The first-order chi connectivity index (χ1) is 12.2. The molecular formula is C21H23N3O. The average Bonchev–Trinajstić information content (AvgIpc) is 3.26. The summed E-state index contributed by atoms with van der Waals surface area (Å²) >= 11 is 0. The molecule has 0 saturated carbocycles. The highest BCUT2D eigenvalue weighted by Crippen LogP contribution is 2.30. The molecule has 25 heavy (non-hydrogen) atoms. The van der Waals surface area contributed by atoms with Crippen molar-refractivity contribution in [3.8, 4) is 0 Å². The van der Waals surface area contributed by atoms with Gasteiger partial charge in [-0.05, 0) is 37.5 Å². The van der Waals surface area contributed by atoms with E-state index in [1.54, 1.807) is 0 Å². The summed E-state index contributed by atoms with van der Waals surface area (Å²) in [5.41, 5.74) is 3.53. The van der Waals surface area contributed by atoms with Gasteiger partial charge >= 0.3 is 0 Å². The Balaban J connectivity index is 1.43. The quantitative estimate of drug-likeness (QED) is 0.732. The number of aryl methyl sites for hydroxylation is 2. The Bertz CT molecular complexity index is 885. The van der Waals surface area contributed by atoms with E-state index in [1.807, 2.05) is 36.1 Å². The smallest absolute Gasteiger partial charge is 0.222 e. The Morgan fingerprint density at radius 3 is 2.80 bits per heavy atom. The lowest BCUT2D eigenvalue weighted by Crippen LogP contribution is -2.28. The zero-order valence-corrected chi connectivity index (χ0v) is 14.6. The fraction of sp³-hybridized carbons (Fsp3) is 0.333. The summed E-state index contributed by atoms with van der Waals surface area (Å²) in [5, 5.41) is 0. The van der Waals surface area contributed by atoms with Crippen LogP contribution in [0.4, 0.5) is 0 Å². The van der Waals surface area contributed by atoms with Gasteiger partial charge in [-0.25, -0.2) is 4.98 Å². The molecule has 1 aromatic carbocycles. The van der Waals surface area contributed by atoms with Crippen molar-refractivity contribution in [1.29, 1.82) is 0 Å². The Morgan fingerprint density at radius 2 is 1.96 bits per heavy atom. The minimum Gasteiger partial charge on any atom is -0.342 e. The summed E-state index contributed by atoms with van der Waals surface area (Å²) in [6.07, 6.45) is 4.45. The third kappa shape index (κ3) is 3.16. The van der Waals surface area contributed by atoms with Crippen molar-refractivity contribution < 1.29 is 4.79 Å². The third-order valence-corrected chi connectivity index (χ3v) is 5.15. The number of hydrogen-bond acceptors (Lipinski definition) is 2. The maximum atomic E-state index is 12.6. The number of benzene rings is 1. The largest absolute Gasteiger partial charge is 0.342 e. The Morgan fingerprint density at radius 1 is 1.16 bits per heavy atom. The second-order valence-electron chi connectivity index (χ2n) is 6.81. The Hall–Kier alpha value is -2.62. The fourth-order valence-corrected chi connectivity index (χ4v) is 3.78. The van der Waals surface area contributed by atoms with Gasteiger partial charge in [0.25, 0.3) is 0 Å². The normalized spacial score (nSPS) is 17.3. The molecule has 1 fully saturated rings. The van der Waals surface area contributed by atoms with Crippen LogP contribution < -0.4 is 0 Å². The predicted molar refractivity (Wildman–Crippen MR) is 98.6 cm³/mol. The van der Waals surface area contributed by atoms with Crippen LogP contribution >= 0.6 is 0 Å². The number of carbonyl (C=O) groups excluding carboxylic acids is 1. The van der Waals surface area contributed by atoms with Crippen LogP contribution in [0.1, 0.15) is 35.8 Å². The molecule has 1 aliphatic rings. The topological polar surface area (TPSA) is 37.6 Å². The molecule has 1 atom stereocenters. The summed E-state index contributed by atoms with van der Waals surface area (Å²) in [4.78, 5) is 19.4. The number of rotatable bonds is 4. The summed E-state index contributed by atoms with van der Waals surface area (Å²) in [7, 11) is 0. The van der Waals surface area contributed by atoms with Crippen LogP contribution in [0.3, 0.4) is 0 Å². The van der Waals surface area contributed by atoms with Gasteiger partial charge in [0.05, 0.1) is 11.2 Å². The molecule has 0 radical (unpaired) electrons. The van der Waals surface area contributed by atoms with Gasteiger partial charge in [0.15, 0.2) is 0 Å². The van der Waals surface area contributed by atoms with Gasteiger partial charge in [-0.15, -0.1) is 0 Å². The molecule has 1 aliphatic heterocycles. The van der Waals surface area contributed by atoms with Gasteiger partial charge in [-0.1, -0.05) is 36.4 Å². The van der Waals surface area contributed by atoms with Gasteiger partial charge in [0.2, 0.25) is 5.91 Å². The minimum atomic E-state index is 0.256. The lowest BCUT2D eigenvalue weighted by molar-refractivity contribution is -0.130. The van der Waals surface area contributed by atoms with E-state index in [2.05, 4.69) is 34.9 Å². The molecular weight excluding hydrogens is 310 g/mol. The molecule has 0 bridgehead atoms. The number of imidazole rings is 1. The number of aromatic nitrogens is 2. The second-order valence-corrected chi connectivity index (χ2v) is 6.81. The van der Waals surface area contributed by atoms with Crippen LogP contribution in [0.2, 0.25) is 0 Å². The van der Waals surface area contributed by atoms with Crippen molar-refractivity contribution >= 4 is 11.4 Å². The SMILES string of the molecule is Cc1nc(C2CCN(C(=O)CCc3ccccc3)C2)c2ccccn12. The molecule has 0 aliphatic carbocycles. The molecule has 1 amide bonds. The summed E-state index contributed by atoms with van der Waals surface area (Å²) in [6, 6.07) is 16.4. The van der Waals surface area contributed by atoms with Gasteiger partial charge < -0.3 is 9.30 Å². The number of hydrogen-bond donors (Lipinski definition) is 0. The third-order valence-electron chi connectivity index (χ3n) is 5.15. The van der Waals surface area contributed by atoms with Crippen LogP contribution in [0.25, 0.3) is 5.52 Å². The van der Waals surface area contributed by atoms with Crippen molar-refractivity contribution in [2.45, 2.75) is 32.1 Å². The fourth-order valence-electron chi connectivity index (χ4n) is 3.78. The van der Waals surface area contributed by atoms with Crippen LogP contribution in [0.15, 0.2) is 54.7 Å². The van der Waals surface area contributed by atoms with Crippen molar-refractivity contribution in [3.63, 3.8) is 0 Å². The lowest BCUT2D eigenvalue weighted by atomic mass is 10.0. The van der Waals surface area contributed by atoms with Crippen molar-refractivity contribution in [3.05, 3.63) is 71.8 Å². The highest BCUT2D eigenvalue weighted by molar-refractivity contribution is 5.77. The van der Waals surface area contributed by atoms with Gasteiger partial charge in [0, 0.05) is 31.6 Å². The van der Waals surface area contributed by atoms with E-state index in [0.717, 1.165) is 37.4 Å². The van der Waals surface area contributed by atoms with Gasteiger partial charge in [-0.2, -0.15) is 0 Å². The zero-order valence-electron chi connectivity index (χ0n) is 14.6. The predicted octanol–water partition coefficient (Wildman–Crippen LogP) is 3.59. The molecule has 4 heteroatoms. The van der Waals surface area contributed by atoms with Crippen molar-refractivity contribution in [2.75, 3.05) is 13.1 Å². The summed E-state index contributed by atoms with van der Waals surface area (Å²) < 4.78 is 2.13. The molecule has 4 rings (SSSR count). The maximum Gasteiger partial charge on any atom is 0.222 e. The first-order valence-corrected chi connectivity index (χ1v) is 8.97. The number of amides is 1. The summed E-state index contributed by atoms with van der Waals surface area (Å²) in [5.74, 6) is 1.61. The van der Waals surface area contributed by atoms with E-state index in [9.17, 15) is 4.79 Å². The first kappa shape index (κ1) is 15.9. The molecule has 1 unspecified atom stereocenters. The number of likely N-dealkylation sites (tertiary alicyclic amines) is 1. The van der Waals surface area contributed by atoms with E-state index in [-0.39, 0.29) is 5.91 Å². The number of fused-ring (bicyclic) bond motifs is 1. The second kappa shape index (κ2) is 6.71. The monoisotopic (exact) mass is 333 g/mol. The Labute approximate surface area is 148 Å². The van der Waals surface area contributed by atoms with Crippen LogP contribution in [-0.4, -0.2) is 33.3 Å². The Kier molecular flexibility index (Phi) is 4.26. The first-order valence-electron chi connectivity index (χ1n) is 8.97. The van der Waals surface area contributed by atoms with Crippen molar-refractivity contribution in [2.24, 2.45) is 0 Å². The van der Waals surface area contributed by atoms with E-state index < -0.39 is 0 Å². The highest BCUT2D eigenvalue weighted by Gasteiger charge is 2.29. The summed E-state index contributed by atoms with van der Waals surface area (Å²) in [6.45, 7) is 3.66. The van der Waals surface area contributed by atoms with Gasteiger partial charge in [-0.3, -0.25) is 4.79 Å². The van der Waals surface area contributed by atoms with E-state index in [4.69, 9.17) is 4.98 Å². The zero-order chi connectivity index (χ0) is 17.2. The molecule has 0 spiro atoms. The molecule has 1 saturated heterocycles. The lowest BCUT2D eigenvalue weighted by Gasteiger charge is -2.16. The van der Waals surface area contributed by atoms with Crippen LogP contribution in [-0.2, 0) is 11.2 Å². The molecule has 2 aromatic heterocycles. The van der Waals surface area contributed by atoms with Crippen LogP contribution in [0, 0.1) is 6.92 Å². The standard InChI is InChI=1S/C21H23N3O/c1-16-22-21(19-9-5-6-13-24(16)19)18-12-14-23(15-18)20(25)11-10-17-7-3-2-4-8-17/h2-9,13,18H,10-12,14-15H2,1H3. The van der Waals surface area contributed by atoms with Gasteiger partial charge in [0.1, 0.15) is 5.82 Å². The number of pyridine rings is 1. The van der Waals surface area contributed by atoms with E-state index >= 15 is 0 Å². The van der Waals surface area contributed by atoms with Crippen LogP contribution in [0.5, 0.6) is 0 Å². The molecule has 4 nitrogen and oxygen atoms in total. The molecule has 128 valence electrons. The number of nitrogens with zero attached hydrogens (tertiary/aromatic N) is 3. The molecule has 3 heterocycles. The maximum absolute atomic E-state index is 12.6. The van der Waals surface area contributed by atoms with E-state index in [0.29, 0.717) is 12.3 Å². The minimum absolute atomic E-state index is 0.256. The molecule has 0 N–H and O–H groups in total.